The molecule has 0 atom stereocenters. The number of aryl methyl sites for hydroxylation is 2. The molecule has 0 aliphatic rings. The normalized spacial score (nSPS) is 11.3. The lowest BCUT2D eigenvalue weighted by atomic mass is 10.1. The highest BCUT2D eigenvalue weighted by atomic mass is 127. The number of hydrogen-bond acceptors (Lipinski definition) is 4. The standard InChI is InChI=1S/C20H38N4O2.HI/c1-5-7-8-9-10-11-14-25-15-12-13-22-20(21-6-2)23-16-19-24-17(3)18(4)26-19;/h5-16H2,1-4H3,(H2,21,22,23);1H. The fraction of sp³-hybridized carbons (Fsp3) is 0.800. The average Bonchev–Trinajstić information content (AvgIpc) is 2.95. The summed E-state index contributed by atoms with van der Waals surface area (Å²) < 4.78 is 11.3. The van der Waals surface area contributed by atoms with Gasteiger partial charge in [0.1, 0.15) is 12.3 Å². The van der Waals surface area contributed by atoms with Gasteiger partial charge in [0.15, 0.2) is 5.96 Å². The molecule has 0 aliphatic carbocycles. The molecule has 0 unspecified atom stereocenters. The van der Waals surface area contributed by atoms with Crippen molar-refractivity contribution in [3.05, 3.63) is 17.3 Å². The molecule has 2 N–H and O–H groups in total. The summed E-state index contributed by atoms with van der Waals surface area (Å²) in [6, 6.07) is 0. The van der Waals surface area contributed by atoms with E-state index in [2.05, 4.69) is 34.5 Å². The minimum Gasteiger partial charge on any atom is -0.444 e. The molecule has 0 bridgehead atoms. The Balaban J connectivity index is 0.00000676. The summed E-state index contributed by atoms with van der Waals surface area (Å²) in [5, 5.41) is 6.57. The molecule has 0 aliphatic heterocycles. The Morgan fingerprint density at radius 3 is 2.37 bits per heavy atom. The van der Waals surface area contributed by atoms with Crippen molar-refractivity contribution in [1.29, 1.82) is 0 Å². The summed E-state index contributed by atoms with van der Waals surface area (Å²) in [7, 11) is 0. The van der Waals surface area contributed by atoms with Crippen LogP contribution in [0.3, 0.4) is 0 Å². The third-order valence-corrected chi connectivity index (χ3v) is 4.19. The van der Waals surface area contributed by atoms with Gasteiger partial charge in [0.2, 0.25) is 5.89 Å². The third kappa shape index (κ3) is 13.1. The lowest BCUT2D eigenvalue weighted by Crippen LogP contribution is -2.38. The number of guanidine groups is 1. The first-order chi connectivity index (χ1) is 12.7. The van der Waals surface area contributed by atoms with Gasteiger partial charge in [-0.05, 0) is 33.6 Å². The molecule has 1 aromatic rings. The average molecular weight is 494 g/mol. The summed E-state index contributed by atoms with van der Waals surface area (Å²) >= 11 is 0. The number of oxazole rings is 1. The SMILES string of the molecule is CCCCCCCCOCCCNC(=NCc1nc(C)c(C)o1)NCC.I. The Labute approximate surface area is 182 Å². The molecule has 0 aromatic carbocycles. The summed E-state index contributed by atoms with van der Waals surface area (Å²) in [6.07, 6.45) is 8.80. The maximum Gasteiger partial charge on any atom is 0.216 e. The maximum atomic E-state index is 5.70. The smallest absolute Gasteiger partial charge is 0.216 e. The summed E-state index contributed by atoms with van der Waals surface area (Å²) in [5.74, 6) is 2.30. The van der Waals surface area contributed by atoms with E-state index in [9.17, 15) is 0 Å². The molecule has 0 fully saturated rings. The Morgan fingerprint density at radius 2 is 1.70 bits per heavy atom. The summed E-state index contributed by atoms with van der Waals surface area (Å²) in [5.41, 5.74) is 0.927. The van der Waals surface area contributed by atoms with Crippen LogP contribution >= 0.6 is 24.0 Å². The van der Waals surface area contributed by atoms with Gasteiger partial charge in [0.05, 0.1) is 5.69 Å². The van der Waals surface area contributed by atoms with E-state index in [1.165, 1.54) is 38.5 Å². The van der Waals surface area contributed by atoms with E-state index in [4.69, 9.17) is 9.15 Å². The molecule has 0 spiro atoms. The lowest BCUT2D eigenvalue weighted by molar-refractivity contribution is 0.128. The number of nitrogens with zero attached hydrogens (tertiary/aromatic N) is 2. The van der Waals surface area contributed by atoms with Crippen LogP contribution in [0, 0.1) is 13.8 Å². The van der Waals surface area contributed by atoms with Gasteiger partial charge >= 0.3 is 0 Å². The van der Waals surface area contributed by atoms with Crippen LogP contribution in [0.1, 0.15) is 76.1 Å². The monoisotopic (exact) mass is 494 g/mol. The molecule has 158 valence electrons. The Hall–Kier alpha value is -0.830. The molecular formula is C20H39IN4O2. The quantitative estimate of drug-likeness (QED) is 0.169. The molecule has 7 heteroatoms. The second-order valence-corrected chi connectivity index (χ2v) is 6.60. The number of aromatic nitrogens is 1. The first-order valence-corrected chi connectivity index (χ1v) is 10.2. The zero-order chi connectivity index (χ0) is 19.0. The maximum absolute atomic E-state index is 5.70. The topological polar surface area (TPSA) is 71.7 Å². The molecule has 0 amide bonds. The number of rotatable bonds is 14. The van der Waals surface area contributed by atoms with E-state index in [0.717, 1.165) is 50.1 Å². The van der Waals surface area contributed by atoms with Crippen molar-refractivity contribution in [2.24, 2.45) is 4.99 Å². The van der Waals surface area contributed by atoms with Gasteiger partial charge in [-0.1, -0.05) is 39.0 Å². The van der Waals surface area contributed by atoms with E-state index in [1.54, 1.807) is 0 Å². The minimum absolute atomic E-state index is 0. The van der Waals surface area contributed by atoms with Crippen LogP contribution in [0.25, 0.3) is 0 Å². The van der Waals surface area contributed by atoms with Crippen LogP contribution in [-0.4, -0.2) is 37.2 Å². The van der Waals surface area contributed by atoms with Crippen LogP contribution in [-0.2, 0) is 11.3 Å². The molecule has 0 saturated carbocycles. The fourth-order valence-corrected chi connectivity index (χ4v) is 2.56. The molecule has 1 rings (SSSR count). The molecule has 1 aromatic heterocycles. The van der Waals surface area contributed by atoms with E-state index >= 15 is 0 Å². The molecule has 1 heterocycles. The highest BCUT2D eigenvalue weighted by Crippen LogP contribution is 2.09. The highest BCUT2D eigenvalue weighted by Gasteiger charge is 2.05. The van der Waals surface area contributed by atoms with Crippen molar-refractivity contribution < 1.29 is 9.15 Å². The first-order valence-electron chi connectivity index (χ1n) is 10.2. The number of ether oxygens (including phenoxy) is 1. The van der Waals surface area contributed by atoms with Gasteiger partial charge < -0.3 is 19.8 Å². The van der Waals surface area contributed by atoms with Gasteiger partial charge in [-0.15, -0.1) is 24.0 Å². The minimum atomic E-state index is 0. The first kappa shape index (κ1) is 26.2. The third-order valence-electron chi connectivity index (χ3n) is 4.19. The van der Waals surface area contributed by atoms with Crippen LogP contribution in [0.5, 0.6) is 0 Å². The lowest BCUT2D eigenvalue weighted by Gasteiger charge is -2.11. The number of aliphatic imine (C=N–C) groups is 1. The highest BCUT2D eigenvalue weighted by molar-refractivity contribution is 14.0. The van der Waals surface area contributed by atoms with Crippen molar-refractivity contribution in [1.82, 2.24) is 15.6 Å². The second-order valence-electron chi connectivity index (χ2n) is 6.60. The zero-order valence-corrected chi connectivity index (χ0v) is 19.9. The van der Waals surface area contributed by atoms with Gasteiger partial charge in [0, 0.05) is 26.3 Å². The molecule has 0 radical (unpaired) electrons. The van der Waals surface area contributed by atoms with Gasteiger partial charge in [-0.3, -0.25) is 0 Å². The van der Waals surface area contributed by atoms with Crippen LogP contribution in [0.15, 0.2) is 9.41 Å². The van der Waals surface area contributed by atoms with E-state index < -0.39 is 0 Å². The van der Waals surface area contributed by atoms with Gasteiger partial charge in [-0.25, -0.2) is 9.98 Å². The van der Waals surface area contributed by atoms with E-state index in [1.807, 2.05) is 13.8 Å². The largest absolute Gasteiger partial charge is 0.444 e. The van der Waals surface area contributed by atoms with Crippen LogP contribution < -0.4 is 10.6 Å². The van der Waals surface area contributed by atoms with Gasteiger partial charge in [-0.2, -0.15) is 0 Å². The summed E-state index contributed by atoms with van der Waals surface area (Å²) in [4.78, 5) is 8.87. The van der Waals surface area contributed by atoms with Crippen molar-refractivity contribution >= 4 is 29.9 Å². The molecule has 27 heavy (non-hydrogen) atoms. The number of unbranched alkanes of at least 4 members (excludes halogenated alkanes) is 5. The Kier molecular flexibility index (Phi) is 16.7. The Morgan fingerprint density at radius 1 is 1.00 bits per heavy atom. The summed E-state index contributed by atoms with van der Waals surface area (Å²) in [6.45, 7) is 11.9. The van der Waals surface area contributed by atoms with Crippen molar-refractivity contribution in [3.63, 3.8) is 0 Å². The molecule has 0 saturated heterocycles. The van der Waals surface area contributed by atoms with Crippen LogP contribution in [0.4, 0.5) is 0 Å². The van der Waals surface area contributed by atoms with E-state index in [-0.39, 0.29) is 24.0 Å². The molecule has 6 nitrogen and oxygen atoms in total. The van der Waals surface area contributed by atoms with Crippen molar-refractivity contribution in [3.8, 4) is 0 Å². The number of nitrogens with one attached hydrogen (secondary N) is 2. The zero-order valence-electron chi connectivity index (χ0n) is 17.6. The Bertz CT molecular complexity index is 487. The van der Waals surface area contributed by atoms with Gasteiger partial charge in [0.25, 0.3) is 0 Å². The fourth-order valence-electron chi connectivity index (χ4n) is 2.56. The van der Waals surface area contributed by atoms with Crippen molar-refractivity contribution in [2.45, 2.75) is 79.2 Å². The van der Waals surface area contributed by atoms with Crippen LogP contribution in [0.2, 0.25) is 0 Å². The predicted molar refractivity (Wildman–Crippen MR) is 123 cm³/mol. The second kappa shape index (κ2) is 17.3. The number of halogens is 1. The number of hydrogen-bond donors (Lipinski definition) is 2. The van der Waals surface area contributed by atoms with E-state index in [0.29, 0.717) is 12.4 Å². The predicted octanol–water partition coefficient (Wildman–Crippen LogP) is 4.73. The van der Waals surface area contributed by atoms with Crippen molar-refractivity contribution in [2.75, 3.05) is 26.3 Å². The molecular weight excluding hydrogens is 455 g/mol.